The normalized spacial score (nSPS) is 18.1. The van der Waals surface area contributed by atoms with Gasteiger partial charge in [-0.15, -0.1) is 13.2 Å². The molecule has 1 fully saturated rings. The summed E-state index contributed by atoms with van der Waals surface area (Å²) in [6, 6.07) is 9.68. The summed E-state index contributed by atoms with van der Waals surface area (Å²) in [5.41, 5.74) is 0.476. The number of carboxylic acids is 1. The van der Waals surface area contributed by atoms with E-state index in [1.165, 1.54) is 24.3 Å². The van der Waals surface area contributed by atoms with Crippen LogP contribution in [0.2, 0.25) is 0 Å². The molecule has 2 aromatic rings. The highest BCUT2D eigenvalue weighted by Gasteiger charge is 2.31. The summed E-state index contributed by atoms with van der Waals surface area (Å²) in [7, 11) is 0. The highest BCUT2D eigenvalue weighted by Crippen LogP contribution is 2.32. The number of rotatable bonds is 9. The minimum atomic E-state index is -4.85. The molecule has 1 N–H and O–H groups in total. The number of nitrogens with zero attached hydrogens (tertiary/aromatic N) is 1. The minimum absolute atomic E-state index is 0.0451. The SMILES string of the molecule is O=C(O)COCC1CCCC(COC(=O)N(c2ccc(F)cc2)c2ccc(OC(F)(F)F)cc2)C1. The zero-order valence-electron chi connectivity index (χ0n) is 18.7. The highest BCUT2D eigenvalue weighted by atomic mass is 19.4. The zero-order chi connectivity index (χ0) is 25.4. The standard InChI is InChI=1S/C24H25F4NO6/c25-18-4-6-19(7-5-18)29(20-8-10-21(11-9-20)35-24(26,27)28)23(32)34-14-17-3-1-2-16(12-17)13-33-15-22(30)31/h4-11,16-17H,1-3,12-15H2,(H,30,31). The Labute approximate surface area is 199 Å². The first-order valence-corrected chi connectivity index (χ1v) is 11.0. The molecule has 2 unspecified atom stereocenters. The molecule has 0 spiro atoms. The van der Waals surface area contributed by atoms with E-state index in [0.717, 1.165) is 48.4 Å². The van der Waals surface area contributed by atoms with Crippen LogP contribution in [0.1, 0.15) is 25.7 Å². The fraction of sp³-hybridized carbons (Fsp3) is 0.417. The summed E-state index contributed by atoms with van der Waals surface area (Å²) in [5, 5.41) is 8.70. The van der Waals surface area contributed by atoms with Crippen LogP contribution in [0.3, 0.4) is 0 Å². The molecule has 2 atom stereocenters. The van der Waals surface area contributed by atoms with Crippen LogP contribution in [0.15, 0.2) is 48.5 Å². The van der Waals surface area contributed by atoms with Gasteiger partial charge >= 0.3 is 18.4 Å². The molecule has 35 heavy (non-hydrogen) atoms. The summed E-state index contributed by atoms with van der Waals surface area (Å²) in [4.78, 5) is 24.8. The van der Waals surface area contributed by atoms with Gasteiger partial charge in [0.15, 0.2) is 0 Å². The number of halogens is 4. The van der Waals surface area contributed by atoms with Crippen LogP contribution in [0, 0.1) is 17.7 Å². The first-order valence-electron chi connectivity index (χ1n) is 11.0. The third-order valence-electron chi connectivity index (χ3n) is 5.51. The van der Waals surface area contributed by atoms with Crippen LogP contribution < -0.4 is 9.64 Å². The van der Waals surface area contributed by atoms with Crippen molar-refractivity contribution in [2.75, 3.05) is 24.7 Å². The Kier molecular flexibility index (Phi) is 8.91. The van der Waals surface area contributed by atoms with Gasteiger partial charge in [-0.3, -0.25) is 0 Å². The molecule has 11 heteroatoms. The van der Waals surface area contributed by atoms with Gasteiger partial charge in [-0.2, -0.15) is 0 Å². The van der Waals surface area contributed by atoms with E-state index in [4.69, 9.17) is 14.6 Å². The number of carboxylic acid groups (broad SMARTS) is 1. The van der Waals surface area contributed by atoms with Gasteiger partial charge in [0.2, 0.25) is 0 Å². The van der Waals surface area contributed by atoms with E-state index in [1.807, 2.05) is 0 Å². The van der Waals surface area contributed by atoms with Crippen molar-refractivity contribution in [1.82, 2.24) is 0 Å². The van der Waals surface area contributed by atoms with Gasteiger partial charge in [0, 0.05) is 0 Å². The summed E-state index contributed by atoms with van der Waals surface area (Å²) >= 11 is 0. The predicted octanol–water partition coefficient (Wildman–Crippen LogP) is 5.91. The van der Waals surface area contributed by atoms with Gasteiger partial charge in [0.25, 0.3) is 0 Å². The highest BCUT2D eigenvalue weighted by molar-refractivity contribution is 5.96. The largest absolute Gasteiger partial charge is 0.573 e. The van der Waals surface area contributed by atoms with Crippen molar-refractivity contribution in [2.24, 2.45) is 11.8 Å². The Morgan fingerprint density at radius 2 is 1.51 bits per heavy atom. The molecule has 1 aliphatic rings. The van der Waals surface area contributed by atoms with Gasteiger partial charge in [0.05, 0.1) is 24.6 Å². The smallest absolute Gasteiger partial charge is 0.480 e. The maximum atomic E-state index is 13.4. The van der Waals surface area contributed by atoms with Crippen LogP contribution in [0.5, 0.6) is 5.75 Å². The molecule has 1 saturated carbocycles. The Morgan fingerprint density at radius 3 is 2.09 bits per heavy atom. The van der Waals surface area contributed by atoms with Crippen molar-refractivity contribution < 1.29 is 46.5 Å². The Bertz CT molecular complexity index is 981. The molecular formula is C24H25F4NO6. The molecule has 1 aliphatic carbocycles. The molecule has 7 nitrogen and oxygen atoms in total. The van der Waals surface area contributed by atoms with E-state index < -0.39 is 30.0 Å². The van der Waals surface area contributed by atoms with Crippen LogP contribution in [-0.4, -0.2) is 43.4 Å². The molecule has 0 aromatic heterocycles. The average Bonchev–Trinajstić information content (AvgIpc) is 2.79. The number of benzene rings is 2. The molecule has 2 aromatic carbocycles. The topological polar surface area (TPSA) is 85.3 Å². The summed E-state index contributed by atoms with van der Waals surface area (Å²) in [5.74, 6) is -1.81. The van der Waals surface area contributed by atoms with Crippen LogP contribution in [-0.2, 0) is 14.3 Å². The molecule has 3 rings (SSSR count). The molecule has 0 bridgehead atoms. The van der Waals surface area contributed by atoms with E-state index in [1.54, 1.807) is 0 Å². The Morgan fingerprint density at radius 1 is 0.943 bits per heavy atom. The summed E-state index contributed by atoms with van der Waals surface area (Å²) in [6.45, 7) is 0.0433. The van der Waals surface area contributed by atoms with E-state index in [9.17, 15) is 27.2 Å². The number of hydrogen-bond acceptors (Lipinski definition) is 5. The Balaban J connectivity index is 1.67. The second-order valence-electron chi connectivity index (χ2n) is 8.24. The maximum absolute atomic E-state index is 13.4. The Hall–Kier alpha value is -3.34. The number of carbonyl (C=O) groups excluding carboxylic acids is 1. The van der Waals surface area contributed by atoms with Crippen molar-refractivity contribution in [2.45, 2.75) is 32.0 Å². The van der Waals surface area contributed by atoms with E-state index in [2.05, 4.69) is 4.74 Å². The van der Waals surface area contributed by atoms with Crippen molar-refractivity contribution in [3.05, 3.63) is 54.3 Å². The number of alkyl halides is 3. The molecule has 0 saturated heterocycles. The number of hydrogen-bond donors (Lipinski definition) is 1. The monoisotopic (exact) mass is 499 g/mol. The number of ether oxygens (including phenoxy) is 3. The lowest BCUT2D eigenvalue weighted by Crippen LogP contribution is -2.30. The molecule has 0 radical (unpaired) electrons. The lowest BCUT2D eigenvalue weighted by atomic mass is 9.82. The van der Waals surface area contributed by atoms with Crippen molar-refractivity contribution in [3.8, 4) is 5.75 Å². The zero-order valence-corrected chi connectivity index (χ0v) is 18.7. The molecule has 0 heterocycles. The maximum Gasteiger partial charge on any atom is 0.573 e. The molecular weight excluding hydrogens is 474 g/mol. The molecule has 190 valence electrons. The van der Waals surface area contributed by atoms with Gasteiger partial charge in [-0.05, 0) is 79.6 Å². The predicted molar refractivity (Wildman–Crippen MR) is 117 cm³/mol. The second kappa shape index (κ2) is 11.9. The van der Waals surface area contributed by atoms with Crippen LogP contribution in [0.4, 0.5) is 33.7 Å². The molecule has 0 aliphatic heterocycles. The van der Waals surface area contributed by atoms with Crippen LogP contribution in [0.25, 0.3) is 0 Å². The average molecular weight is 499 g/mol. The third kappa shape index (κ3) is 8.43. The van der Waals surface area contributed by atoms with E-state index >= 15 is 0 Å². The number of carbonyl (C=O) groups is 2. The number of aliphatic carboxylic acids is 1. The van der Waals surface area contributed by atoms with Gasteiger partial charge < -0.3 is 19.3 Å². The summed E-state index contributed by atoms with van der Waals surface area (Å²) < 4.78 is 65.4. The second-order valence-corrected chi connectivity index (χ2v) is 8.24. The van der Waals surface area contributed by atoms with Gasteiger partial charge in [-0.25, -0.2) is 18.9 Å². The molecule has 1 amide bonds. The van der Waals surface area contributed by atoms with E-state index in [-0.39, 0.29) is 36.4 Å². The van der Waals surface area contributed by atoms with Crippen LogP contribution >= 0.6 is 0 Å². The van der Waals surface area contributed by atoms with Crippen molar-refractivity contribution >= 4 is 23.4 Å². The van der Waals surface area contributed by atoms with Crippen molar-refractivity contribution in [1.29, 1.82) is 0 Å². The van der Waals surface area contributed by atoms with Gasteiger partial charge in [-0.1, -0.05) is 6.42 Å². The first-order chi connectivity index (χ1) is 16.6. The van der Waals surface area contributed by atoms with Crippen molar-refractivity contribution in [3.63, 3.8) is 0 Å². The lowest BCUT2D eigenvalue weighted by molar-refractivity contribution is -0.274. The fourth-order valence-electron chi connectivity index (χ4n) is 4.02. The minimum Gasteiger partial charge on any atom is -0.480 e. The lowest BCUT2D eigenvalue weighted by Gasteiger charge is -2.29. The van der Waals surface area contributed by atoms with Gasteiger partial charge in [0.1, 0.15) is 18.2 Å². The third-order valence-corrected chi connectivity index (χ3v) is 5.51. The fourth-order valence-corrected chi connectivity index (χ4v) is 4.02. The number of anilines is 2. The van der Waals surface area contributed by atoms with E-state index in [0.29, 0.717) is 13.0 Å². The first kappa shape index (κ1) is 26.3. The quantitative estimate of drug-likeness (QED) is 0.432. The summed E-state index contributed by atoms with van der Waals surface area (Å²) in [6.07, 6.45) is -2.34. The number of amides is 1.